The molecule has 0 amide bonds. The number of nitrogens with zero attached hydrogens (tertiary/aromatic N) is 1. The van der Waals surface area contributed by atoms with Crippen LogP contribution in [-0.2, 0) is 7.05 Å². The van der Waals surface area contributed by atoms with Crippen molar-refractivity contribution in [2.45, 2.75) is 18.8 Å². The van der Waals surface area contributed by atoms with Gasteiger partial charge >= 0.3 is 0 Å². The van der Waals surface area contributed by atoms with Gasteiger partial charge in [0.1, 0.15) is 0 Å². The Hall–Kier alpha value is -0.510. The van der Waals surface area contributed by atoms with E-state index in [1.165, 1.54) is 33.9 Å². The minimum Gasteiger partial charge on any atom is -0.346 e. The van der Waals surface area contributed by atoms with E-state index in [1.807, 2.05) is 12.1 Å². The monoisotopic (exact) mass is 326 g/mol. The van der Waals surface area contributed by atoms with Crippen LogP contribution in [0.4, 0.5) is 0 Å². The van der Waals surface area contributed by atoms with Gasteiger partial charge in [-0.05, 0) is 47.4 Å². The molecule has 1 aliphatic heterocycles. The number of aromatic nitrogens is 1. The Morgan fingerprint density at radius 2 is 2.28 bits per heavy atom. The van der Waals surface area contributed by atoms with Gasteiger partial charge in [-0.1, -0.05) is 17.7 Å². The SMILES string of the molecule is Cn1c(C2CCCNC2)c(Br)c2ccc(Cl)cc21. The molecule has 0 saturated carbocycles. The molecule has 4 heteroatoms. The first kappa shape index (κ1) is 12.5. The lowest BCUT2D eigenvalue weighted by Gasteiger charge is -2.24. The highest BCUT2D eigenvalue weighted by atomic mass is 79.9. The second-order valence-corrected chi connectivity index (χ2v) is 6.19. The first-order chi connectivity index (χ1) is 8.68. The Bertz CT molecular complexity index is 585. The number of aryl methyl sites for hydroxylation is 1. The molecule has 0 aliphatic carbocycles. The van der Waals surface area contributed by atoms with Crippen LogP contribution in [0.5, 0.6) is 0 Å². The van der Waals surface area contributed by atoms with Crippen molar-refractivity contribution >= 4 is 38.4 Å². The molecule has 2 nitrogen and oxygen atoms in total. The molecule has 1 unspecified atom stereocenters. The molecule has 1 fully saturated rings. The average Bonchev–Trinajstić information content (AvgIpc) is 2.63. The Morgan fingerprint density at radius 3 is 3.00 bits per heavy atom. The van der Waals surface area contributed by atoms with Crippen LogP contribution in [0.15, 0.2) is 22.7 Å². The maximum Gasteiger partial charge on any atom is 0.0506 e. The maximum absolute atomic E-state index is 6.10. The van der Waals surface area contributed by atoms with E-state index in [0.717, 1.165) is 18.1 Å². The van der Waals surface area contributed by atoms with Gasteiger partial charge in [0.2, 0.25) is 0 Å². The van der Waals surface area contributed by atoms with E-state index in [9.17, 15) is 0 Å². The van der Waals surface area contributed by atoms with Crippen LogP contribution in [-0.4, -0.2) is 17.7 Å². The molecule has 1 aromatic heterocycles. The third-order valence-corrected chi connectivity index (χ3v) is 4.90. The Kier molecular flexibility index (Phi) is 3.39. The number of fused-ring (bicyclic) bond motifs is 1. The van der Waals surface area contributed by atoms with Crippen molar-refractivity contribution in [2.75, 3.05) is 13.1 Å². The average molecular weight is 328 g/mol. The summed E-state index contributed by atoms with van der Waals surface area (Å²) >= 11 is 9.87. The summed E-state index contributed by atoms with van der Waals surface area (Å²) in [5.41, 5.74) is 2.59. The lowest BCUT2D eigenvalue weighted by atomic mass is 9.96. The van der Waals surface area contributed by atoms with Crippen molar-refractivity contribution in [2.24, 2.45) is 7.05 Å². The predicted molar refractivity (Wildman–Crippen MR) is 80.5 cm³/mol. The van der Waals surface area contributed by atoms with Crippen LogP contribution in [0.25, 0.3) is 10.9 Å². The summed E-state index contributed by atoms with van der Waals surface area (Å²) in [6.07, 6.45) is 2.50. The molecule has 1 aliphatic rings. The molecular weight excluding hydrogens is 312 g/mol. The van der Waals surface area contributed by atoms with Crippen molar-refractivity contribution in [3.63, 3.8) is 0 Å². The normalized spacial score (nSPS) is 20.5. The van der Waals surface area contributed by atoms with Gasteiger partial charge in [-0.2, -0.15) is 0 Å². The fourth-order valence-corrected chi connectivity index (χ4v) is 4.01. The second-order valence-electron chi connectivity index (χ2n) is 4.96. The largest absolute Gasteiger partial charge is 0.346 e. The quantitative estimate of drug-likeness (QED) is 0.836. The van der Waals surface area contributed by atoms with Crippen molar-refractivity contribution < 1.29 is 0 Å². The van der Waals surface area contributed by atoms with Crippen LogP contribution in [0.1, 0.15) is 24.5 Å². The van der Waals surface area contributed by atoms with Crippen molar-refractivity contribution in [3.05, 3.63) is 33.4 Å². The molecule has 96 valence electrons. The number of nitrogens with one attached hydrogen (secondary N) is 1. The lowest BCUT2D eigenvalue weighted by Crippen LogP contribution is -2.29. The fraction of sp³-hybridized carbons (Fsp3) is 0.429. The number of hydrogen-bond donors (Lipinski definition) is 1. The minimum atomic E-state index is 0.587. The van der Waals surface area contributed by atoms with E-state index in [4.69, 9.17) is 11.6 Å². The van der Waals surface area contributed by atoms with Crippen LogP contribution >= 0.6 is 27.5 Å². The summed E-state index contributed by atoms with van der Waals surface area (Å²) in [4.78, 5) is 0. The molecule has 2 aromatic rings. The summed E-state index contributed by atoms with van der Waals surface area (Å²) in [7, 11) is 2.13. The van der Waals surface area contributed by atoms with E-state index >= 15 is 0 Å². The van der Waals surface area contributed by atoms with Crippen molar-refractivity contribution in [1.82, 2.24) is 9.88 Å². The number of benzene rings is 1. The van der Waals surface area contributed by atoms with Crippen LogP contribution < -0.4 is 5.32 Å². The summed E-state index contributed by atoms with van der Waals surface area (Å²) in [6, 6.07) is 6.10. The standard InChI is InChI=1S/C14H16BrClN2/c1-18-12-7-10(16)4-5-11(12)13(15)14(18)9-3-2-6-17-8-9/h4-5,7,9,17H,2-3,6,8H2,1H3. The first-order valence-corrected chi connectivity index (χ1v) is 7.49. The van der Waals surface area contributed by atoms with Crippen molar-refractivity contribution in [1.29, 1.82) is 0 Å². The highest BCUT2D eigenvalue weighted by Crippen LogP contribution is 2.37. The molecular formula is C14H16BrClN2. The number of halogens is 2. The smallest absolute Gasteiger partial charge is 0.0506 e. The second kappa shape index (κ2) is 4.87. The number of rotatable bonds is 1. The fourth-order valence-electron chi connectivity index (χ4n) is 2.92. The Balaban J connectivity index is 2.16. The molecule has 2 heterocycles. The van der Waals surface area contributed by atoms with E-state index in [-0.39, 0.29) is 0 Å². The van der Waals surface area contributed by atoms with Gasteiger partial charge in [-0.3, -0.25) is 0 Å². The molecule has 3 rings (SSSR count). The predicted octanol–water partition coefficient (Wildman–Crippen LogP) is 4.06. The van der Waals surface area contributed by atoms with Crippen LogP contribution in [0.3, 0.4) is 0 Å². The van der Waals surface area contributed by atoms with Crippen molar-refractivity contribution in [3.8, 4) is 0 Å². The summed E-state index contributed by atoms with van der Waals surface area (Å²) in [5.74, 6) is 0.587. The zero-order chi connectivity index (χ0) is 12.7. The summed E-state index contributed by atoms with van der Waals surface area (Å²) < 4.78 is 3.51. The Morgan fingerprint density at radius 1 is 1.44 bits per heavy atom. The third-order valence-electron chi connectivity index (χ3n) is 3.83. The molecule has 1 aromatic carbocycles. The first-order valence-electron chi connectivity index (χ1n) is 6.32. The summed E-state index contributed by atoms with van der Waals surface area (Å²) in [5, 5.41) is 5.53. The molecule has 1 saturated heterocycles. The van der Waals surface area contributed by atoms with E-state index < -0.39 is 0 Å². The van der Waals surface area contributed by atoms with Crippen LogP contribution in [0, 0.1) is 0 Å². The van der Waals surface area contributed by atoms with E-state index in [1.54, 1.807) is 0 Å². The van der Waals surface area contributed by atoms with Crippen LogP contribution in [0.2, 0.25) is 5.02 Å². The Labute approximate surface area is 120 Å². The van der Waals surface area contributed by atoms with Gasteiger partial charge in [-0.15, -0.1) is 0 Å². The lowest BCUT2D eigenvalue weighted by molar-refractivity contribution is 0.447. The molecule has 1 N–H and O–H groups in total. The molecule has 18 heavy (non-hydrogen) atoms. The van der Waals surface area contributed by atoms with E-state index in [0.29, 0.717) is 5.92 Å². The zero-order valence-electron chi connectivity index (χ0n) is 10.3. The van der Waals surface area contributed by atoms with Gasteiger partial charge in [0.15, 0.2) is 0 Å². The zero-order valence-corrected chi connectivity index (χ0v) is 12.7. The van der Waals surface area contributed by atoms with Gasteiger partial charge in [0.25, 0.3) is 0 Å². The molecule has 0 radical (unpaired) electrons. The number of hydrogen-bond acceptors (Lipinski definition) is 1. The topological polar surface area (TPSA) is 17.0 Å². The summed E-state index contributed by atoms with van der Waals surface area (Å²) in [6.45, 7) is 2.21. The number of piperidine rings is 1. The third kappa shape index (κ3) is 1.98. The van der Waals surface area contributed by atoms with Gasteiger partial charge < -0.3 is 9.88 Å². The van der Waals surface area contributed by atoms with E-state index in [2.05, 4.69) is 38.9 Å². The highest BCUT2D eigenvalue weighted by Gasteiger charge is 2.23. The maximum atomic E-state index is 6.10. The van der Waals surface area contributed by atoms with Gasteiger partial charge in [-0.25, -0.2) is 0 Å². The molecule has 0 spiro atoms. The molecule has 1 atom stereocenters. The van der Waals surface area contributed by atoms with Gasteiger partial charge in [0.05, 0.1) is 5.52 Å². The minimum absolute atomic E-state index is 0.587. The van der Waals surface area contributed by atoms with Gasteiger partial charge in [0, 0.05) is 40.1 Å². The highest BCUT2D eigenvalue weighted by molar-refractivity contribution is 9.10. The molecule has 0 bridgehead atoms.